The molecule has 0 aromatic carbocycles. The number of hydrogen-bond donors (Lipinski definition) is 1. The zero-order chi connectivity index (χ0) is 16.7. The molecule has 2 fully saturated rings. The summed E-state index contributed by atoms with van der Waals surface area (Å²) in [6.45, 7) is 2.89. The molecule has 2 aliphatic rings. The first-order valence-corrected chi connectivity index (χ1v) is 8.92. The van der Waals surface area contributed by atoms with Crippen molar-refractivity contribution in [1.29, 1.82) is 0 Å². The van der Waals surface area contributed by atoms with Gasteiger partial charge in [-0.1, -0.05) is 19.3 Å². The molecule has 1 aliphatic heterocycles. The number of halogens is 1. The van der Waals surface area contributed by atoms with E-state index in [1.54, 1.807) is 7.11 Å². The third kappa shape index (κ3) is 6.22. The second kappa shape index (κ2) is 10.9. The average Bonchev–Trinajstić information content (AvgIpc) is 2.60. The average molecular weight is 362 g/mol. The van der Waals surface area contributed by atoms with Crippen molar-refractivity contribution in [2.75, 3.05) is 39.8 Å². The number of carbonyl (C=O) groups excluding carboxylic acids is 2. The summed E-state index contributed by atoms with van der Waals surface area (Å²) in [7, 11) is 1.58. The van der Waals surface area contributed by atoms with Crippen molar-refractivity contribution in [2.24, 2.45) is 11.7 Å². The molecule has 2 amide bonds. The largest absolute Gasteiger partial charge is 0.380 e. The van der Waals surface area contributed by atoms with Gasteiger partial charge in [0.05, 0.1) is 12.5 Å². The van der Waals surface area contributed by atoms with Crippen LogP contribution < -0.4 is 5.73 Å². The van der Waals surface area contributed by atoms with Gasteiger partial charge < -0.3 is 20.3 Å². The van der Waals surface area contributed by atoms with Crippen LogP contribution in [-0.2, 0) is 14.3 Å². The summed E-state index contributed by atoms with van der Waals surface area (Å²) in [5, 5.41) is 0. The van der Waals surface area contributed by atoms with E-state index in [0.717, 1.165) is 0 Å². The summed E-state index contributed by atoms with van der Waals surface area (Å²) in [5.41, 5.74) is 5.56. The summed E-state index contributed by atoms with van der Waals surface area (Å²) in [4.78, 5) is 28.4. The van der Waals surface area contributed by atoms with Gasteiger partial charge in [-0.3, -0.25) is 9.59 Å². The van der Waals surface area contributed by atoms with Crippen molar-refractivity contribution in [3.63, 3.8) is 0 Å². The summed E-state index contributed by atoms with van der Waals surface area (Å²) in [5.74, 6) is 0.908. The fourth-order valence-corrected chi connectivity index (χ4v) is 3.56. The molecule has 0 aromatic heterocycles. The molecule has 6 nitrogen and oxygen atoms in total. The minimum Gasteiger partial charge on any atom is -0.380 e. The third-order valence-corrected chi connectivity index (χ3v) is 5.17. The lowest BCUT2D eigenvalue weighted by molar-refractivity contribution is -0.141. The molecule has 0 spiro atoms. The first-order chi connectivity index (χ1) is 11.1. The van der Waals surface area contributed by atoms with Gasteiger partial charge in [0.15, 0.2) is 0 Å². The molecular weight excluding hydrogens is 330 g/mol. The number of carbonyl (C=O) groups is 2. The lowest BCUT2D eigenvalue weighted by atomic mass is 9.86. The molecule has 24 heavy (non-hydrogen) atoms. The Hall–Kier alpha value is -0.850. The lowest BCUT2D eigenvalue weighted by Crippen LogP contribution is -2.51. The Morgan fingerprint density at radius 1 is 1.04 bits per heavy atom. The van der Waals surface area contributed by atoms with Crippen molar-refractivity contribution in [2.45, 2.75) is 51.0 Å². The molecule has 1 saturated carbocycles. The van der Waals surface area contributed by atoms with Crippen LogP contribution in [0.2, 0.25) is 0 Å². The number of nitrogens with zero attached hydrogens (tertiary/aromatic N) is 2. The molecule has 0 bridgehead atoms. The van der Waals surface area contributed by atoms with E-state index in [9.17, 15) is 9.59 Å². The lowest BCUT2D eigenvalue weighted by Gasteiger charge is -2.36. The number of ether oxygens (including phenoxy) is 1. The molecule has 1 aliphatic carbocycles. The van der Waals surface area contributed by atoms with Crippen molar-refractivity contribution in [3.8, 4) is 0 Å². The van der Waals surface area contributed by atoms with Crippen LogP contribution in [0, 0.1) is 5.92 Å². The van der Waals surface area contributed by atoms with E-state index in [1.165, 1.54) is 32.1 Å². The highest BCUT2D eigenvalue weighted by molar-refractivity contribution is 5.85. The van der Waals surface area contributed by atoms with E-state index >= 15 is 0 Å². The highest BCUT2D eigenvalue weighted by Gasteiger charge is 2.27. The van der Waals surface area contributed by atoms with Crippen molar-refractivity contribution in [1.82, 2.24) is 9.80 Å². The summed E-state index contributed by atoms with van der Waals surface area (Å²) in [6.07, 6.45) is 7.04. The SMILES string of the molecule is COC(CN)CC(=O)N1CCN(C(=O)CC2CCCCC2)CC1.Cl. The summed E-state index contributed by atoms with van der Waals surface area (Å²) in [6, 6.07) is 0. The Balaban J connectivity index is 0.00000288. The van der Waals surface area contributed by atoms with Crippen LogP contribution in [0.5, 0.6) is 0 Å². The van der Waals surface area contributed by atoms with E-state index < -0.39 is 0 Å². The molecule has 1 unspecified atom stereocenters. The van der Waals surface area contributed by atoms with E-state index in [0.29, 0.717) is 51.5 Å². The van der Waals surface area contributed by atoms with Gasteiger partial charge in [-0.05, 0) is 18.8 Å². The monoisotopic (exact) mass is 361 g/mol. The van der Waals surface area contributed by atoms with Crippen LogP contribution in [0.4, 0.5) is 0 Å². The highest BCUT2D eigenvalue weighted by atomic mass is 35.5. The topological polar surface area (TPSA) is 75.9 Å². The quantitative estimate of drug-likeness (QED) is 0.776. The molecule has 0 radical (unpaired) electrons. The Kier molecular flexibility index (Phi) is 9.63. The minimum atomic E-state index is -0.214. The molecular formula is C17H32ClN3O3. The first-order valence-electron chi connectivity index (χ1n) is 8.92. The molecule has 1 heterocycles. The second-order valence-electron chi connectivity index (χ2n) is 6.77. The van der Waals surface area contributed by atoms with Crippen LogP contribution in [0.1, 0.15) is 44.9 Å². The zero-order valence-corrected chi connectivity index (χ0v) is 15.6. The molecule has 1 saturated heterocycles. The van der Waals surface area contributed by atoms with E-state index in [-0.39, 0.29) is 30.3 Å². The molecule has 0 aromatic rings. The fourth-order valence-electron chi connectivity index (χ4n) is 3.56. The van der Waals surface area contributed by atoms with Crippen LogP contribution in [0.3, 0.4) is 0 Å². The van der Waals surface area contributed by atoms with Crippen molar-refractivity contribution < 1.29 is 14.3 Å². The van der Waals surface area contributed by atoms with Gasteiger partial charge in [0.25, 0.3) is 0 Å². The predicted octanol–water partition coefficient (Wildman–Crippen LogP) is 1.41. The van der Waals surface area contributed by atoms with Crippen LogP contribution in [0.25, 0.3) is 0 Å². The maximum Gasteiger partial charge on any atom is 0.225 e. The standard InChI is InChI=1S/C17H31N3O3.ClH/c1-23-15(13-18)12-17(22)20-9-7-19(8-10-20)16(21)11-14-5-3-2-4-6-14;/h14-15H,2-13,18H2,1H3;1H. The van der Waals surface area contributed by atoms with Crippen molar-refractivity contribution >= 4 is 24.2 Å². The maximum absolute atomic E-state index is 12.4. The Morgan fingerprint density at radius 2 is 1.58 bits per heavy atom. The number of methoxy groups -OCH3 is 1. The second-order valence-corrected chi connectivity index (χ2v) is 6.77. The highest BCUT2D eigenvalue weighted by Crippen LogP contribution is 2.27. The number of piperazine rings is 1. The fraction of sp³-hybridized carbons (Fsp3) is 0.882. The molecule has 1 atom stereocenters. The Labute approximate surface area is 151 Å². The van der Waals surface area contributed by atoms with Crippen molar-refractivity contribution in [3.05, 3.63) is 0 Å². The van der Waals surface area contributed by atoms with Gasteiger partial charge in [-0.2, -0.15) is 0 Å². The van der Waals surface area contributed by atoms with Gasteiger partial charge in [0, 0.05) is 46.3 Å². The first kappa shape index (κ1) is 21.2. The molecule has 140 valence electrons. The van der Waals surface area contributed by atoms with E-state index in [1.807, 2.05) is 9.80 Å². The number of nitrogens with two attached hydrogens (primary N) is 1. The normalized spacial score (nSPS) is 20.4. The van der Waals surface area contributed by atoms with Gasteiger partial charge >= 0.3 is 0 Å². The number of rotatable bonds is 6. The van der Waals surface area contributed by atoms with E-state index in [2.05, 4.69) is 0 Å². The van der Waals surface area contributed by atoms with Crippen LogP contribution in [-0.4, -0.2) is 67.6 Å². The smallest absolute Gasteiger partial charge is 0.225 e. The van der Waals surface area contributed by atoms with Gasteiger partial charge in [0.1, 0.15) is 0 Å². The van der Waals surface area contributed by atoms with Crippen LogP contribution >= 0.6 is 12.4 Å². The zero-order valence-electron chi connectivity index (χ0n) is 14.7. The summed E-state index contributed by atoms with van der Waals surface area (Å²) >= 11 is 0. The molecule has 2 N–H and O–H groups in total. The molecule has 7 heteroatoms. The van der Waals surface area contributed by atoms with Crippen LogP contribution in [0.15, 0.2) is 0 Å². The Bertz CT molecular complexity index is 391. The van der Waals surface area contributed by atoms with Gasteiger partial charge in [-0.25, -0.2) is 0 Å². The molecule has 2 rings (SSSR count). The van der Waals surface area contributed by atoms with Gasteiger partial charge in [-0.15, -0.1) is 12.4 Å². The predicted molar refractivity (Wildman–Crippen MR) is 96.1 cm³/mol. The minimum absolute atomic E-state index is 0. The number of hydrogen-bond acceptors (Lipinski definition) is 4. The van der Waals surface area contributed by atoms with E-state index in [4.69, 9.17) is 10.5 Å². The number of amides is 2. The maximum atomic E-state index is 12.4. The Morgan fingerprint density at radius 3 is 2.08 bits per heavy atom. The van der Waals surface area contributed by atoms with Gasteiger partial charge in [0.2, 0.25) is 11.8 Å². The third-order valence-electron chi connectivity index (χ3n) is 5.17. The summed E-state index contributed by atoms with van der Waals surface area (Å²) < 4.78 is 5.17.